The second-order valence-corrected chi connectivity index (χ2v) is 6.37. The summed E-state index contributed by atoms with van der Waals surface area (Å²) < 4.78 is 10.9. The zero-order chi connectivity index (χ0) is 16.8. The van der Waals surface area contributed by atoms with Gasteiger partial charge in [0.1, 0.15) is 12.4 Å². The molecule has 0 unspecified atom stereocenters. The van der Waals surface area contributed by atoms with Gasteiger partial charge in [-0.15, -0.1) is 0 Å². The van der Waals surface area contributed by atoms with E-state index in [0.717, 1.165) is 37.8 Å². The van der Waals surface area contributed by atoms with Gasteiger partial charge in [0.2, 0.25) is 5.89 Å². The van der Waals surface area contributed by atoms with Crippen LogP contribution in [0.2, 0.25) is 0 Å². The molecule has 0 spiro atoms. The van der Waals surface area contributed by atoms with E-state index in [9.17, 15) is 0 Å². The van der Waals surface area contributed by atoms with E-state index in [1.54, 1.807) is 0 Å². The standard InChI is InChI=1S/C18H26N4O2/c1-14-6-3-4-8-17(14)23-11-9-19-16-7-5-10-22(12-16)13-18-20-15(2)24-21-18/h3-4,6,8,16,19H,5,7,9-13H2,1-2H3/t16-/m1/s1. The number of nitrogens with zero attached hydrogens (tertiary/aromatic N) is 3. The first-order valence-corrected chi connectivity index (χ1v) is 8.64. The summed E-state index contributed by atoms with van der Waals surface area (Å²) in [5.41, 5.74) is 1.18. The van der Waals surface area contributed by atoms with Crippen LogP contribution in [0, 0.1) is 13.8 Å². The maximum atomic E-state index is 5.84. The summed E-state index contributed by atoms with van der Waals surface area (Å²) in [6, 6.07) is 8.62. The van der Waals surface area contributed by atoms with Gasteiger partial charge in [-0.2, -0.15) is 4.98 Å². The summed E-state index contributed by atoms with van der Waals surface area (Å²) in [4.78, 5) is 6.67. The van der Waals surface area contributed by atoms with Gasteiger partial charge in [-0.05, 0) is 37.9 Å². The van der Waals surface area contributed by atoms with Crippen LogP contribution in [0.1, 0.15) is 30.1 Å². The fourth-order valence-electron chi connectivity index (χ4n) is 3.11. The van der Waals surface area contributed by atoms with Crippen molar-refractivity contribution in [3.05, 3.63) is 41.5 Å². The van der Waals surface area contributed by atoms with Gasteiger partial charge < -0.3 is 14.6 Å². The fraction of sp³-hybridized carbons (Fsp3) is 0.556. The van der Waals surface area contributed by atoms with E-state index < -0.39 is 0 Å². The third kappa shape index (κ3) is 4.79. The van der Waals surface area contributed by atoms with Crippen molar-refractivity contribution in [1.82, 2.24) is 20.4 Å². The lowest BCUT2D eigenvalue weighted by Gasteiger charge is -2.32. The number of rotatable bonds is 7. The van der Waals surface area contributed by atoms with Crippen molar-refractivity contribution in [2.45, 2.75) is 39.3 Å². The highest BCUT2D eigenvalue weighted by molar-refractivity contribution is 5.31. The molecule has 1 aromatic heterocycles. The molecule has 1 aliphatic rings. The summed E-state index contributed by atoms with van der Waals surface area (Å²) in [6.07, 6.45) is 2.39. The van der Waals surface area contributed by atoms with E-state index in [4.69, 9.17) is 9.26 Å². The van der Waals surface area contributed by atoms with Crippen LogP contribution < -0.4 is 10.1 Å². The molecule has 24 heavy (non-hydrogen) atoms. The summed E-state index contributed by atoms with van der Waals surface area (Å²) in [6.45, 7) is 8.30. The topological polar surface area (TPSA) is 63.4 Å². The Balaban J connectivity index is 1.38. The van der Waals surface area contributed by atoms with E-state index in [2.05, 4.69) is 33.3 Å². The highest BCUT2D eigenvalue weighted by Crippen LogP contribution is 2.16. The van der Waals surface area contributed by atoms with Gasteiger partial charge in [-0.1, -0.05) is 23.4 Å². The molecule has 1 aliphatic heterocycles. The van der Waals surface area contributed by atoms with Crippen molar-refractivity contribution in [2.75, 3.05) is 26.2 Å². The molecule has 2 aromatic rings. The minimum atomic E-state index is 0.493. The minimum absolute atomic E-state index is 0.493. The van der Waals surface area contributed by atoms with Crippen LogP contribution in [0.15, 0.2) is 28.8 Å². The van der Waals surface area contributed by atoms with Crippen molar-refractivity contribution in [2.24, 2.45) is 0 Å². The molecule has 1 N–H and O–H groups in total. The lowest BCUT2D eigenvalue weighted by atomic mass is 10.1. The number of benzene rings is 1. The van der Waals surface area contributed by atoms with E-state index in [1.807, 2.05) is 25.1 Å². The average Bonchev–Trinajstić information content (AvgIpc) is 2.98. The van der Waals surface area contributed by atoms with Crippen molar-refractivity contribution in [3.63, 3.8) is 0 Å². The SMILES string of the molecule is Cc1nc(CN2CCC[C@@H](NCCOc3ccccc3C)C2)no1. The Morgan fingerprint density at radius 3 is 3.00 bits per heavy atom. The number of hydrogen-bond donors (Lipinski definition) is 1. The van der Waals surface area contributed by atoms with Crippen molar-refractivity contribution in [3.8, 4) is 5.75 Å². The van der Waals surface area contributed by atoms with Crippen LogP contribution in [-0.4, -0.2) is 47.3 Å². The van der Waals surface area contributed by atoms with Crippen LogP contribution >= 0.6 is 0 Å². The Morgan fingerprint density at radius 1 is 1.33 bits per heavy atom. The quantitative estimate of drug-likeness (QED) is 0.786. The van der Waals surface area contributed by atoms with Gasteiger partial charge in [0.15, 0.2) is 5.82 Å². The number of piperidine rings is 1. The van der Waals surface area contributed by atoms with Gasteiger partial charge in [0.25, 0.3) is 0 Å². The highest BCUT2D eigenvalue weighted by Gasteiger charge is 2.20. The van der Waals surface area contributed by atoms with Crippen LogP contribution in [-0.2, 0) is 6.54 Å². The lowest BCUT2D eigenvalue weighted by Crippen LogP contribution is -2.46. The Morgan fingerprint density at radius 2 is 2.21 bits per heavy atom. The number of nitrogens with one attached hydrogen (secondary N) is 1. The summed E-state index contributed by atoms with van der Waals surface area (Å²) in [5.74, 6) is 2.37. The Bertz CT molecular complexity index is 643. The zero-order valence-electron chi connectivity index (χ0n) is 14.5. The predicted octanol–water partition coefficient (Wildman–Crippen LogP) is 2.32. The third-order valence-corrected chi connectivity index (χ3v) is 4.33. The van der Waals surface area contributed by atoms with Crippen LogP contribution in [0.25, 0.3) is 0 Å². The van der Waals surface area contributed by atoms with E-state index in [1.165, 1.54) is 18.4 Å². The predicted molar refractivity (Wildman–Crippen MR) is 92.0 cm³/mol. The van der Waals surface area contributed by atoms with Gasteiger partial charge >= 0.3 is 0 Å². The number of ether oxygens (including phenoxy) is 1. The van der Waals surface area contributed by atoms with Crippen molar-refractivity contribution < 1.29 is 9.26 Å². The van der Waals surface area contributed by atoms with Crippen molar-refractivity contribution in [1.29, 1.82) is 0 Å². The molecule has 0 aliphatic carbocycles. The Hall–Kier alpha value is -1.92. The molecular formula is C18H26N4O2. The lowest BCUT2D eigenvalue weighted by molar-refractivity contribution is 0.173. The molecule has 0 saturated carbocycles. The number of para-hydroxylation sites is 1. The molecule has 0 amide bonds. The second-order valence-electron chi connectivity index (χ2n) is 6.37. The normalized spacial score (nSPS) is 18.7. The first-order chi connectivity index (χ1) is 11.7. The summed E-state index contributed by atoms with van der Waals surface area (Å²) in [7, 11) is 0. The molecule has 1 saturated heterocycles. The molecule has 6 heteroatoms. The van der Waals surface area contributed by atoms with Gasteiger partial charge in [-0.3, -0.25) is 4.90 Å². The molecule has 0 radical (unpaired) electrons. The highest BCUT2D eigenvalue weighted by atomic mass is 16.5. The first kappa shape index (κ1) is 16.9. The number of hydrogen-bond acceptors (Lipinski definition) is 6. The molecule has 0 bridgehead atoms. The van der Waals surface area contributed by atoms with Crippen LogP contribution in [0.3, 0.4) is 0 Å². The maximum Gasteiger partial charge on any atom is 0.223 e. The van der Waals surface area contributed by atoms with Gasteiger partial charge in [0.05, 0.1) is 6.54 Å². The Kier molecular flexibility index (Phi) is 5.82. The zero-order valence-corrected chi connectivity index (χ0v) is 14.5. The smallest absolute Gasteiger partial charge is 0.223 e. The molecule has 1 aromatic carbocycles. The van der Waals surface area contributed by atoms with Gasteiger partial charge in [0, 0.05) is 26.1 Å². The molecular weight excluding hydrogens is 304 g/mol. The summed E-state index contributed by atoms with van der Waals surface area (Å²) >= 11 is 0. The second kappa shape index (κ2) is 8.26. The number of aryl methyl sites for hydroxylation is 2. The van der Waals surface area contributed by atoms with E-state index in [0.29, 0.717) is 18.5 Å². The Labute approximate surface area is 143 Å². The first-order valence-electron chi connectivity index (χ1n) is 8.64. The van der Waals surface area contributed by atoms with Crippen LogP contribution in [0.4, 0.5) is 0 Å². The maximum absolute atomic E-state index is 5.84. The molecule has 2 heterocycles. The van der Waals surface area contributed by atoms with Crippen LogP contribution in [0.5, 0.6) is 5.75 Å². The average molecular weight is 330 g/mol. The molecule has 3 rings (SSSR count). The number of aromatic nitrogens is 2. The van der Waals surface area contributed by atoms with Crippen molar-refractivity contribution >= 4 is 0 Å². The summed E-state index contributed by atoms with van der Waals surface area (Å²) in [5, 5.41) is 7.59. The fourth-order valence-corrected chi connectivity index (χ4v) is 3.11. The third-order valence-electron chi connectivity index (χ3n) is 4.33. The van der Waals surface area contributed by atoms with E-state index in [-0.39, 0.29) is 0 Å². The molecule has 6 nitrogen and oxygen atoms in total. The number of likely N-dealkylation sites (tertiary alicyclic amines) is 1. The molecule has 130 valence electrons. The van der Waals surface area contributed by atoms with Gasteiger partial charge in [-0.25, -0.2) is 0 Å². The minimum Gasteiger partial charge on any atom is -0.492 e. The largest absolute Gasteiger partial charge is 0.492 e. The monoisotopic (exact) mass is 330 g/mol. The van der Waals surface area contributed by atoms with E-state index >= 15 is 0 Å². The molecule has 1 atom stereocenters. The molecule has 1 fully saturated rings.